The first-order valence-electron chi connectivity index (χ1n) is 5.62. The predicted octanol–water partition coefficient (Wildman–Crippen LogP) is 0.960. The van der Waals surface area contributed by atoms with E-state index in [-0.39, 0.29) is 0 Å². The van der Waals surface area contributed by atoms with Crippen LogP contribution in [0.2, 0.25) is 0 Å². The first-order chi connectivity index (χ1) is 7.03. The fraction of sp³-hybridized carbons (Fsp3) is 0.909. The van der Waals surface area contributed by atoms with Crippen molar-refractivity contribution in [1.29, 1.82) is 0 Å². The summed E-state index contributed by atoms with van der Waals surface area (Å²) in [5, 5.41) is 9.00. The molecule has 0 aromatic heterocycles. The Hall–Kier alpha value is -0.610. The SMILES string of the molecule is CC(C1CCCO1)N1CC(C)(C(=O)O)C1. The highest BCUT2D eigenvalue weighted by atomic mass is 16.5. The van der Waals surface area contributed by atoms with Crippen LogP contribution in [0, 0.1) is 5.41 Å². The van der Waals surface area contributed by atoms with E-state index >= 15 is 0 Å². The van der Waals surface area contributed by atoms with Crippen molar-refractivity contribution in [2.45, 2.75) is 38.8 Å². The van der Waals surface area contributed by atoms with Crippen molar-refractivity contribution in [2.24, 2.45) is 5.41 Å². The third kappa shape index (κ3) is 1.88. The van der Waals surface area contributed by atoms with Gasteiger partial charge in [-0.05, 0) is 26.7 Å². The van der Waals surface area contributed by atoms with Gasteiger partial charge in [0.05, 0.1) is 11.5 Å². The molecule has 2 aliphatic rings. The van der Waals surface area contributed by atoms with Gasteiger partial charge in [-0.3, -0.25) is 9.69 Å². The van der Waals surface area contributed by atoms with Crippen molar-refractivity contribution in [1.82, 2.24) is 4.90 Å². The average molecular weight is 213 g/mol. The average Bonchev–Trinajstić information content (AvgIpc) is 2.64. The third-order valence-corrected chi connectivity index (χ3v) is 3.70. The van der Waals surface area contributed by atoms with Crippen LogP contribution in [0.3, 0.4) is 0 Å². The number of hydrogen-bond acceptors (Lipinski definition) is 3. The maximum Gasteiger partial charge on any atom is 0.311 e. The van der Waals surface area contributed by atoms with Crippen LogP contribution in [0.5, 0.6) is 0 Å². The molecule has 2 saturated heterocycles. The summed E-state index contributed by atoms with van der Waals surface area (Å²) in [7, 11) is 0. The molecule has 1 N–H and O–H groups in total. The zero-order chi connectivity index (χ0) is 11.1. The van der Waals surface area contributed by atoms with Crippen molar-refractivity contribution in [3.8, 4) is 0 Å². The Kier molecular flexibility index (Phi) is 2.73. The van der Waals surface area contributed by atoms with Gasteiger partial charge in [-0.25, -0.2) is 0 Å². The maximum atomic E-state index is 10.9. The summed E-state index contributed by atoms with van der Waals surface area (Å²) in [5.74, 6) is -0.682. The lowest BCUT2D eigenvalue weighted by molar-refractivity contribution is -0.162. The Balaban J connectivity index is 1.85. The lowest BCUT2D eigenvalue weighted by Crippen LogP contribution is -2.63. The molecule has 0 aromatic carbocycles. The highest BCUT2D eigenvalue weighted by Gasteiger charge is 2.48. The number of nitrogens with zero attached hydrogens (tertiary/aromatic N) is 1. The van der Waals surface area contributed by atoms with Crippen molar-refractivity contribution >= 4 is 5.97 Å². The lowest BCUT2D eigenvalue weighted by atomic mass is 9.80. The highest BCUT2D eigenvalue weighted by Crippen LogP contribution is 2.34. The minimum Gasteiger partial charge on any atom is -0.481 e. The van der Waals surface area contributed by atoms with Crippen molar-refractivity contribution in [3.05, 3.63) is 0 Å². The standard InChI is InChI=1S/C11H19NO3/c1-8(9-4-3-5-15-9)12-6-11(2,7-12)10(13)14/h8-9H,3-7H2,1-2H3,(H,13,14). The predicted molar refractivity (Wildman–Crippen MR) is 55.8 cm³/mol. The van der Waals surface area contributed by atoms with Crippen LogP contribution in [0.15, 0.2) is 0 Å². The van der Waals surface area contributed by atoms with E-state index in [1.807, 2.05) is 6.92 Å². The van der Waals surface area contributed by atoms with E-state index in [0.717, 1.165) is 19.4 Å². The summed E-state index contributed by atoms with van der Waals surface area (Å²) in [6, 6.07) is 0.361. The molecule has 2 atom stereocenters. The lowest BCUT2D eigenvalue weighted by Gasteiger charge is -2.49. The molecule has 0 amide bonds. The summed E-state index contributed by atoms with van der Waals surface area (Å²) in [6.07, 6.45) is 2.56. The molecule has 0 aliphatic carbocycles. The van der Waals surface area contributed by atoms with Gasteiger partial charge >= 0.3 is 5.97 Å². The molecule has 0 spiro atoms. The molecule has 0 aromatic rings. The summed E-state index contributed by atoms with van der Waals surface area (Å²) in [5.41, 5.74) is -0.535. The second-order valence-corrected chi connectivity index (χ2v) is 5.06. The molecular weight excluding hydrogens is 194 g/mol. The second kappa shape index (κ2) is 3.76. The second-order valence-electron chi connectivity index (χ2n) is 5.06. The van der Waals surface area contributed by atoms with Gasteiger partial charge in [0.25, 0.3) is 0 Å². The number of carbonyl (C=O) groups is 1. The highest BCUT2D eigenvalue weighted by molar-refractivity contribution is 5.76. The molecule has 2 aliphatic heterocycles. The van der Waals surface area contributed by atoms with Gasteiger partial charge in [0.1, 0.15) is 0 Å². The summed E-state index contributed by atoms with van der Waals surface area (Å²) in [6.45, 7) is 6.12. The molecule has 0 radical (unpaired) electrons. The van der Waals surface area contributed by atoms with Crippen LogP contribution in [0.4, 0.5) is 0 Å². The van der Waals surface area contributed by atoms with E-state index in [1.54, 1.807) is 0 Å². The molecule has 0 saturated carbocycles. The molecule has 15 heavy (non-hydrogen) atoms. The van der Waals surface area contributed by atoms with E-state index in [4.69, 9.17) is 9.84 Å². The van der Waals surface area contributed by atoms with Gasteiger partial charge in [-0.15, -0.1) is 0 Å². The Labute approximate surface area is 90.2 Å². The molecule has 0 bridgehead atoms. The first kappa shape index (κ1) is 10.9. The zero-order valence-corrected chi connectivity index (χ0v) is 9.40. The van der Waals surface area contributed by atoms with Crippen LogP contribution in [0.1, 0.15) is 26.7 Å². The number of ether oxygens (including phenoxy) is 1. The number of likely N-dealkylation sites (tertiary alicyclic amines) is 1. The summed E-state index contributed by atoms with van der Waals surface area (Å²) in [4.78, 5) is 13.1. The Bertz CT molecular complexity index is 255. The third-order valence-electron chi connectivity index (χ3n) is 3.70. The smallest absolute Gasteiger partial charge is 0.311 e. The Morgan fingerprint density at radius 2 is 2.27 bits per heavy atom. The van der Waals surface area contributed by atoms with E-state index in [1.165, 1.54) is 0 Å². The molecule has 2 fully saturated rings. The van der Waals surface area contributed by atoms with Crippen LogP contribution >= 0.6 is 0 Å². The van der Waals surface area contributed by atoms with Crippen LogP contribution in [-0.2, 0) is 9.53 Å². The number of rotatable bonds is 3. The molecule has 2 heterocycles. The largest absolute Gasteiger partial charge is 0.481 e. The van der Waals surface area contributed by atoms with E-state index in [9.17, 15) is 4.79 Å². The normalized spacial score (nSPS) is 32.3. The Morgan fingerprint density at radius 3 is 2.73 bits per heavy atom. The van der Waals surface area contributed by atoms with Gasteiger partial charge in [0.15, 0.2) is 0 Å². The quantitative estimate of drug-likeness (QED) is 0.758. The molecule has 86 valence electrons. The Morgan fingerprint density at radius 1 is 1.60 bits per heavy atom. The summed E-state index contributed by atoms with van der Waals surface area (Å²) >= 11 is 0. The van der Waals surface area contributed by atoms with Gasteiger partial charge in [-0.2, -0.15) is 0 Å². The molecule has 4 heteroatoms. The van der Waals surface area contributed by atoms with Crippen LogP contribution in [-0.4, -0.2) is 47.8 Å². The molecule has 2 unspecified atom stereocenters. The number of hydrogen-bond donors (Lipinski definition) is 1. The minimum atomic E-state index is -0.682. The first-order valence-corrected chi connectivity index (χ1v) is 5.62. The van der Waals surface area contributed by atoms with E-state index in [0.29, 0.717) is 25.2 Å². The van der Waals surface area contributed by atoms with Gasteiger partial charge in [0, 0.05) is 25.7 Å². The van der Waals surface area contributed by atoms with Crippen molar-refractivity contribution in [3.63, 3.8) is 0 Å². The molecule has 4 nitrogen and oxygen atoms in total. The number of carboxylic acid groups (broad SMARTS) is 1. The van der Waals surface area contributed by atoms with Crippen LogP contribution in [0.25, 0.3) is 0 Å². The summed E-state index contributed by atoms with van der Waals surface area (Å²) < 4.78 is 5.61. The number of carboxylic acids is 1. The molecular formula is C11H19NO3. The van der Waals surface area contributed by atoms with Gasteiger partial charge in [-0.1, -0.05) is 0 Å². The fourth-order valence-corrected chi connectivity index (χ4v) is 2.49. The van der Waals surface area contributed by atoms with Crippen molar-refractivity contribution < 1.29 is 14.6 Å². The topological polar surface area (TPSA) is 49.8 Å². The van der Waals surface area contributed by atoms with E-state index < -0.39 is 11.4 Å². The number of aliphatic carboxylic acids is 1. The molecule has 2 rings (SSSR count). The maximum absolute atomic E-state index is 10.9. The van der Waals surface area contributed by atoms with Gasteiger partial charge < -0.3 is 9.84 Å². The fourth-order valence-electron chi connectivity index (χ4n) is 2.49. The van der Waals surface area contributed by atoms with Crippen LogP contribution < -0.4 is 0 Å². The minimum absolute atomic E-state index is 0.309. The van der Waals surface area contributed by atoms with Crippen molar-refractivity contribution in [2.75, 3.05) is 19.7 Å². The monoisotopic (exact) mass is 213 g/mol. The van der Waals surface area contributed by atoms with Gasteiger partial charge in [0.2, 0.25) is 0 Å². The zero-order valence-electron chi connectivity index (χ0n) is 9.40. The van der Waals surface area contributed by atoms with E-state index in [2.05, 4.69) is 11.8 Å².